The Morgan fingerprint density at radius 3 is 2.43 bits per heavy atom. The average Bonchev–Trinajstić information content (AvgIpc) is 2.74. The number of rotatable bonds is 11. The van der Waals surface area contributed by atoms with Crippen LogP contribution in [0.25, 0.3) is 16.3 Å². The van der Waals surface area contributed by atoms with Crippen molar-refractivity contribution in [1.29, 1.82) is 0 Å². The van der Waals surface area contributed by atoms with Gasteiger partial charge in [0.2, 0.25) is 0 Å². The van der Waals surface area contributed by atoms with Crippen LogP contribution in [0.15, 0.2) is 42.5 Å². The van der Waals surface area contributed by atoms with Crippen LogP contribution in [-0.2, 0) is 0 Å². The lowest BCUT2D eigenvalue weighted by Crippen LogP contribution is -2.05. The van der Waals surface area contributed by atoms with E-state index in [0.717, 1.165) is 24.7 Å². The molecule has 3 rings (SSSR count). The highest BCUT2D eigenvalue weighted by molar-refractivity contribution is 5.87. The molecule has 0 N–H and O–H groups in total. The van der Waals surface area contributed by atoms with E-state index >= 15 is 0 Å². The Hall–Kier alpha value is -1.76. The van der Waals surface area contributed by atoms with E-state index in [0.29, 0.717) is 0 Å². The van der Waals surface area contributed by atoms with Gasteiger partial charge in [0.1, 0.15) is 5.75 Å². The molecular formula is C27H38O. The molecule has 0 heterocycles. The summed E-state index contributed by atoms with van der Waals surface area (Å²) in [6.45, 7) is 5.34. The van der Waals surface area contributed by atoms with Gasteiger partial charge in [0, 0.05) is 0 Å². The smallest absolute Gasteiger partial charge is 0.119 e. The Labute approximate surface area is 172 Å². The predicted octanol–water partition coefficient (Wildman–Crippen LogP) is 8.56. The molecular weight excluding hydrogens is 340 g/mol. The van der Waals surface area contributed by atoms with Gasteiger partial charge in [-0.2, -0.15) is 0 Å². The van der Waals surface area contributed by atoms with E-state index in [2.05, 4.69) is 56.3 Å². The lowest BCUT2D eigenvalue weighted by atomic mass is 9.83. The van der Waals surface area contributed by atoms with Crippen molar-refractivity contribution in [3.05, 3.63) is 48.0 Å². The molecule has 0 saturated heterocycles. The first-order chi connectivity index (χ1) is 13.8. The third kappa shape index (κ3) is 6.12. The lowest BCUT2D eigenvalue weighted by Gasteiger charge is -2.22. The molecule has 28 heavy (non-hydrogen) atoms. The topological polar surface area (TPSA) is 9.23 Å². The van der Waals surface area contributed by atoms with Crippen molar-refractivity contribution in [2.75, 3.05) is 6.61 Å². The van der Waals surface area contributed by atoms with E-state index in [1.165, 1.54) is 80.5 Å². The normalized spacial score (nSPS) is 16.9. The van der Waals surface area contributed by atoms with Crippen LogP contribution in [0.4, 0.5) is 0 Å². The van der Waals surface area contributed by atoms with E-state index in [-0.39, 0.29) is 0 Å². The van der Waals surface area contributed by atoms with Crippen LogP contribution in [0.3, 0.4) is 0 Å². The number of unbranched alkanes of at least 4 members (excludes halogenated alkanes) is 5. The summed E-state index contributed by atoms with van der Waals surface area (Å²) in [6.07, 6.45) is 17.0. The molecule has 0 aromatic heterocycles. The van der Waals surface area contributed by atoms with Crippen molar-refractivity contribution in [3.8, 4) is 5.75 Å². The average molecular weight is 379 g/mol. The summed E-state index contributed by atoms with van der Waals surface area (Å²) in [6, 6.07) is 13.5. The van der Waals surface area contributed by atoms with Gasteiger partial charge >= 0.3 is 0 Å². The quantitative estimate of drug-likeness (QED) is 0.356. The fraction of sp³-hybridized carbons (Fsp3) is 0.556. The second-order valence-electron chi connectivity index (χ2n) is 8.50. The maximum Gasteiger partial charge on any atom is 0.119 e. The van der Waals surface area contributed by atoms with Crippen LogP contribution in [0, 0.1) is 5.92 Å². The van der Waals surface area contributed by atoms with Gasteiger partial charge in [0.25, 0.3) is 0 Å². The molecule has 2 aromatic rings. The molecule has 1 aliphatic carbocycles. The Morgan fingerprint density at radius 1 is 0.857 bits per heavy atom. The van der Waals surface area contributed by atoms with Gasteiger partial charge in [-0.25, -0.2) is 0 Å². The molecule has 1 nitrogen and oxygen atoms in total. The summed E-state index contributed by atoms with van der Waals surface area (Å²) in [7, 11) is 0. The van der Waals surface area contributed by atoms with Crippen LogP contribution in [0.5, 0.6) is 5.75 Å². The van der Waals surface area contributed by atoms with Gasteiger partial charge in [-0.05, 0) is 71.7 Å². The van der Waals surface area contributed by atoms with E-state index in [4.69, 9.17) is 4.74 Å². The van der Waals surface area contributed by atoms with Crippen LogP contribution < -0.4 is 4.74 Å². The number of allylic oxidation sites excluding steroid dienone is 2. The van der Waals surface area contributed by atoms with E-state index < -0.39 is 0 Å². The molecule has 1 aliphatic rings. The number of ether oxygens (including phenoxy) is 1. The summed E-state index contributed by atoms with van der Waals surface area (Å²) in [4.78, 5) is 0. The molecule has 152 valence electrons. The monoisotopic (exact) mass is 378 g/mol. The number of hydrogen-bond acceptors (Lipinski definition) is 1. The fourth-order valence-corrected chi connectivity index (χ4v) is 4.33. The van der Waals surface area contributed by atoms with E-state index in [1.807, 2.05) is 0 Å². The highest BCUT2D eigenvalue weighted by Gasteiger charge is 2.15. The molecule has 0 aliphatic heterocycles. The van der Waals surface area contributed by atoms with Crippen LogP contribution >= 0.6 is 0 Å². The Morgan fingerprint density at radius 2 is 1.64 bits per heavy atom. The molecule has 0 fully saturated rings. The Bertz CT molecular complexity index is 758. The second-order valence-corrected chi connectivity index (χ2v) is 8.50. The summed E-state index contributed by atoms with van der Waals surface area (Å²) in [5.41, 5.74) is 2.96. The van der Waals surface area contributed by atoms with Gasteiger partial charge in [-0.1, -0.05) is 83.1 Å². The fourth-order valence-electron chi connectivity index (χ4n) is 4.33. The van der Waals surface area contributed by atoms with Crippen molar-refractivity contribution in [1.82, 2.24) is 0 Å². The number of benzene rings is 2. The SMILES string of the molecule is CCCCCCC1CC=C(c2ccc3cc(OCCCCC)ccc3c2)CC1. The van der Waals surface area contributed by atoms with Crippen molar-refractivity contribution in [3.63, 3.8) is 0 Å². The first-order valence-electron chi connectivity index (χ1n) is 11.7. The zero-order valence-corrected chi connectivity index (χ0v) is 18.0. The van der Waals surface area contributed by atoms with Gasteiger partial charge in [-0.15, -0.1) is 0 Å². The highest BCUT2D eigenvalue weighted by Crippen LogP contribution is 2.34. The number of fused-ring (bicyclic) bond motifs is 1. The van der Waals surface area contributed by atoms with Crippen LogP contribution in [0.1, 0.15) is 90.0 Å². The summed E-state index contributed by atoms with van der Waals surface area (Å²) in [5, 5.41) is 2.60. The Balaban J connectivity index is 1.57. The van der Waals surface area contributed by atoms with Crippen molar-refractivity contribution in [2.45, 2.75) is 84.5 Å². The third-order valence-corrected chi connectivity index (χ3v) is 6.18. The molecule has 0 amide bonds. The minimum absolute atomic E-state index is 0.823. The molecule has 0 bridgehead atoms. The van der Waals surface area contributed by atoms with Crippen molar-refractivity contribution >= 4 is 16.3 Å². The zero-order valence-electron chi connectivity index (χ0n) is 18.0. The summed E-state index contributed by atoms with van der Waals surface area (Å²) < 4.78 is 5.91. The highest BCUT2D eigenvalue weighted by atomic mass is 16.5. The lowest BCUT2D eigenvalue weighted by molar-refractivity contribution is 0.306. The standard InChI is InChI=1S/C27H38O/c1-3-5-7-8-10-22-11-13-23(14-12-22)24-15-16-26-21-27(18-17-25(26)20-24)28-19-9-6-4-2/h13,15-18,20-22H,3-12,14,19H2,1-2H3. The maximum atomic E-state index is 5.91. The molecule has 2 aromatic carbocycles. The minimum Gasteiger partial charge on any atom is -0.494 e. The predicted molar refractivity (Wildman–Crippen MR) is 123 cm³/mol. The first-order valence-corrected chi connectivity index (χ1v) is 11.7. The van der Waals surface area contributed by atoms with Gasteiger partial charge in [-0.3, -0.25) is 0 Å². The van der Waals surface area contributed by atoms with Gasteiger partial charge < -0.3 is 4.74 Å². The second kappa shape index (κ2) is 11.3. The zero-order chi connectivity index (χ0) is 19.6. The first kappa shape index (κ1) is 21.0. The van der Waals surface area contributed by atoms with E-state index in [1.54, 1.807) is 5.57 Å². The maximum absolute atomic E-state index is 5.91. The summed E-state index contributed by atoms with van der Waals surface area (Å²) >= 11 is 0. The minimum atomic E-state index is 0.823. The molecule has 1 unspecified atom stereocenters. The third-order valence-electron chi connectivity index (χ3n) is 6.18. The number of hydrogen-bond donors (Lipinski definition) is 0. The van der Waals surface area contributed by atoms with Gasteiger partial charge in [0.05, 0.1) is 6.61 Å². The molecule has 1 atom stereocenters. The molecule has 0 spiro atoms. The molecule has 1 heteroatoms. The molecule has 0 radical (unpaired) electrons. The van der Waals surface area contributed by atoms with Crippen molar-refractivity contribution < 1.29 is 4.74 Å². The van der Waals surface area contributed by atoms with E-state index in [9.17, 15) is 0 Å². The van der Waals surface area contributed by atoms with Crippen LogP contribution in [0.2, 0.25) is 0 Å². The van der Waals surface area contributed by atoms with Crippen molar-refractivity contribution in [2.24, 2.45) is 5.92 Å². The summed E-state index contributed by atoms with van der Waals surface area (Å²) in [5.74, 6) is 1.91. The molecule has 0 saturated carbocycles. The van der Waals surface area contributed by atoms with Gasteiger partial charge in [0.15, 0.2) is 0 Å². The Kier molecular flexibility index (Phi) is 8.45. The largest absolute Gasteiger partial charge is 0.494 e. The van der Waals surface area contributed by atoms with Crippen LogP contribution in [-0.4, -0.2) is 6.61 Å².